The Bertz CT molecular complexity index is 965. The summed E-state index contributed by atoms with van der Waals surface area (Å²) < 4.78 is 6.63. The van der Waals surface area contributed by atoms with Crippen LogP contribution in [0.1, 0.15) is 36.7 Å². The molecule has 1 aliphatic rings. The van der Waals surface area contributed by atoms with Gasteiger partial charge in [-0.3, -0.25) is 4.90 Å². The second kappa shape index (κ2) is 7.39. The van der Waals surface area contributed by atoms with Crippen LogP contribution in [0.4, 0.5) is 4.79 Å². The van der Waals surface area contributed by atoms with E-state index in [0.717, 1.165) is 27.7 Å². The number of hydrogen-bond acceptors (Lipinski definition) is 2. The summed E-state index contributed by atoms with van der Waals surface area (Å²) in [4.78, 5) is 18.3. The van der Waals surface area contributed by atoms with Gasteiger partial charge in [0.15, 0.2) is 0 Å². The Morgan fingerprint density at radius 1 is 1.26 bits per heavy atom. The first-order valence-electron chi connectivity index (χ1n) is 9.33. The average Bonchev–Trinajstić information content (AvgIpc) is 3.03. The first-order valence-corrected chi connectivity index (χ1v) is 10.1. The molecule has 5 heteroatoms. The molecule has 1 unspecified atom stereocenters. The molecular weight excluding hydrogens is 404 g/mol. The Morgan fingerprint density at radius 2 is 2.04 bits per heavy atom. The summed E-state index contributed by atoms with van der Waals surface area (Å²) in [7, 11) is 0. The van der Waals surface area contributed by atoms with E-state index in [9.17, 15) is 4.79 Å². The number of hydrogen-bond donors (Lipinski definition) is 1. The molecule has 2 heterocycles. The van der Waals surface area contributed by atoms with E-state index in [1.807, 2.05) is 43.0 Å². The Balaban J connectivity index is 1.79. The number of nitrogens with one attached hydrogen (secondary N) is 1. The molecule has 0 radical (unpaired) electrons. The van der Waals surface area contributed by atoms with Gasteiger partial charge in [-0.05, 0) is 41.7 Å². The molecule has 140 valence electrons. The number of carbonyl (C=O) groups is 1. The Labute approximate surface area is 167 Å². The number of nitrogens with zero attached hydrogens (tertiary/aromatic N) is 1. The number of aromatic amines is 1. The van der Waals surface area contributed by atoms with Gasteiger partial charge in [0.05, 0.1) is 6.61 Å². The average molecular weight is 427 g/mol. The maximum Gasteiger partial charge on any atom is 0.410 e. The van der Waals surface area contributed by atoms with Crippen molar-refractivity contribution in [3.8, 4) is 0 Å². The van der Waals surface area contributed by atoms with Crippen molar-refractivity contribution in [3.63, 3.8) is 0 Å². The molecule has 1 N–H and O–H groups in total. The third-order valence-corrected chi connectivity index (χ3v) is 5.47. The van der Waals surface area contributed by atoms with Gasteiger partial charge < -0.3 is 9.72 Å². The summed E-state index contributed by atoms with van der Waals surface area (Å²) in [6, 6.07) is 16.3. The van der Waals surface area contributed by atoms with Crippen LogP contribution in [0.25, 0.3) is 10.9 Å². The lowest BCUT2D eigenvalue weighted by molar-refractivity contribution is 0.0797. The van der Waals surface area contributed by atoms with Gasteiger partial charge in [-0.2, -0.15) is 0 Å². The maximum atomic E-state index is 12.8. The third-order valence-electron chi connectivity index (χ3n) is 4.98. The van der Waals surface area contributed by atoms with Crippen LogP contribution in [0.3, 0.4) is 0 Å². The van der Waals surface area contributed by atoms with Gasteiger partial charge in [0, 0.05) is 27.6 Å². The fraction of sp³-hybridized carbons (Fsp3) is 0.318. The zero-order valence-electron chi connectivity index (χ0n) is 15.5. The van der Waals surface area contributed by atoms with E-state index < -0.39 is 0 Å². The lowest BCUT2D eigenvalue weighted by Gasteiger charge is -2.35. The quantitative estimate of drug-likeness (QED) is 0.586. The number of ether oxygens (including phenoxy) is 1. The van der Waals surface area contributed by atoms with Crippen LogP contribution >= 0.6 is 15.9 Å². The molecule has 0 fully saturated rings. The van der Waals surface area contributed by atoms with Crippen LogP contribution in [0.5, 0.6) is 0 Å². The van der Waals surface area contributed by atoms with Gasteiger partial charge >= 0.3 is 6.09 Å². The van der Waals surface area contributed by atoms with E-state index in [1.165, 1.54) is 10.9 Å². The van der Waals surface area contributed by atoms with Crippen molar-refractivity contribution >= 4 is 32.9 Å². The summed E-state index contributed by atoms with van der Waals surface area (Å²) in [5.41, 5.74) is 4.56. The highest BCUT2D eigenvalue weighted by Crippen LogP contribution is 2.39. The first kappa shape index (κ1) is 18.1. The fourth-order valence-electron chi connectivity index (χ4n) is 3.76. The lowest BCUT2D eigenvalue weighted by Crippen LogP contribution is -2.41. The molecule has 3 aromatic rings. The molecule has 0 bridgehead atoms. The molecule has 4 nitrogen and oxygen atoms in total. The summed E-state index contributed by atoms with van der Waals surface area (Å²) in [5.74, 6) is 0.315. The van der Waals surface area contributed by atoms with Crippen molar-refractivity contribution in [2.24, 2.45) is 5.92 Å². The number of amides is 1. The number of carbonyl (C=O) groups excluding carboxylic acids is 1. The molecule has 0 spiro atoms. The monoisotopic (exact) mass is 426 g/mol. The van der Waals surface area contributed by atoms with E-state index >= 15 is 0 Å². The Morgan fingerprint density at radius 3 is 2.78 bits per heavy atom. The van der Waals surface area contributed by atoms with Gasteiger partial charge in [-0.1, -0.05) is 60.1 Å². The van der Waals surface area contributed by atoms with Gasteiger partial charge in [-0.25, -0.2) is 4.79 Å². The van der Waals surface area contributed by atoms with Crippen LogP contribution in [0.2, 0.25) is 0 Å². The molecule has 0 aliphatic carbocycles. The zero-order chi connectivity index (χ0) is 19.0. The first-order chi connectivity index (χ1) is 13.0. The summed E-state index contributed by atoms with van der Waals surface area (Å²) in [6.07, 6.45) is 0.564. The number of aromatic nitrogens is 1. The number of benzene rings is 2. The van der Waals surface area contributed by atoms with E-state index in [2.05, 4.69) is 45.2 Å². The Kier molecular flexibility index (Phi) is 4.96. The van der Waals surface area contributed by atoms with E-state index in [4.69, 9.17) is 4.74 Å². The van der Waals surface area contributed by atoms with Crippen LogP contribution in [-0.4, -0.2) is 29.1 Å². The number of halogens is 1. The number of rotatable bonds is 3. The summed E-state index contributed by atoms with van der Waals surface area (Å²) in [6.45, 7) is 5.17. The third kappa shape index (κ3) is 3.48. The van der Waals surface area contributed by atoms with Crippen molar-refractivity contribution in [2.75, 3.05) is 13.2 Å². The van der Waals surface area contributed by atoms with Crippen molar-refractivity contribution in [1.82, 2.24) is 9.88 Å². The topological polar surface area (TPSA) is 45.3 Å². The van der Waals surface area contributed by atoms with E-state index in [-0.39, 0.29) is 12.1 Å². The predicted octanol–water partition coefficient (Wildman–Crippen LogP) is 5.67. The van der Waals surface area contributed by atoms with Crippen molar-refractivity contribution in [2.45, 2.75) is 26.3 Å². The van der Waals surface area contributed by atoms with Crippen LogP contribution in [-0.2, 0) is 11.2 Å². The second-order valence-corrected chi connectivity index (χ2v) is 8.35. The van der Waals surface area contributed by atoms with Gasteiger partial charge in [0.2, 0.25) is 0 Å². The van der Waals surface area contributed by atoms with Crippen LogP contribution in [0, 0.1) is 5.92 Å². The minimum Gasteiger partial charge on any atom is -0.449 e. The Hall–Kier alpha value is -2.27. The number of fused-ring (bicyclic) bond motifs is 3. The molecule has 27 heavy (non-hydrogen) atoms. The van der Waals surface area contributed by atoms with Gasteiger partial charge in [-0.15, -0.1) is 0 Å². The van der Waals surface area contributed by atoms with Gasteiger partial charge in [0.1, 0.15) is 6.04 Å². The van der Waals surface area contributed by atoms with E-state index in [0.29, 0.717) is 19.1 Å². The number of H-pyrrole nitrogens is 1. The summed E-state index contributed by atoms with van der Waals surface area (Å²) in [5, 5.41) is 1.22. The molecular formula is C22H23BrN2O2. The summed E-state index contributed by atoms with van der Waals surface area (Å²) >= 11 is 3.58. The van der Waals surface area contributed by atoms with E-state index in [1.54, 1.807) is 0 Å². The maximum absolute atomic E-state index is 12.8. The van der Waals surface area contributed by atoms with Crippen LogP contribution < -0.4 is 0 Å². The predicted molar refractivity (Wildman–Crippen MR) is 111 cm³/mol. The molecule has 2 aromatic carbocycles. The van der Waals surface area contributed by atoms with Crippen molar-refractivity contribution in [1.29, 1.82) is 0 Å². The second-order valence-electron chi connectivity index (χ2n) is 7.43. The molecule has 1 aromatic heterocycles. The van der Waals surface area contributed by atoms with Crippen molar-refractivity contribution in [3.05, 3.63) is 69.8 Å². The standard InChI is InChI=1S/C22H23BrN2O2/c1-14(2)13-27-22(26)25-11-10-17-18-12-16(23)8-9-19(18)24-20(17)21(25)15-6-4-3-5-7-15/h3-9,12,14,21,24H,10-11,13H2,1-2H3. The van der Waals surface area contributed by atoms with Crippen molar-refractivity contribution < 1.29 is 9.53 Å². The highest BCUT2D eigenvalue weighted by Gasteiger charge is 2.35. The highest BCUT2D eigenvalue weighted by atomic mass is 79.9. The van der Waals surface area contributed by atoms with Gasteiger partial charge in [0.25, 0.3) is 0 Å². The largest absolute Gasteiger partial charge is 0.449 e. The zero-order valence-corrected chi connectivity index (χ0v) is 17.1. The molecule has 1 atom stereocenters. The molecule has 1 amide bonds. The SMILES string of the molecule is CC(C)COC(=O)N1CCc2c([nH]c3ccc(Br)cc23)C1c1ccccc1. The molecule has 0 saturated heterocycles. The minimum absolute atomic E-state index is 0.166. The lowest BCUT2D eigenvalue weighted by atomic mass is 9.93. The highest BCUT2D eigenvalue weighted by molar-refractivity contribution is 9.10. The normalized spacial score (nSPS) is 16.6. The molecule has 1 aliphatic heterocycles. The minimum atomic E-state index is -0.247. The van der Waals surface area contributed by atoms with Crippen LogP contribution in [0.15, 0.2) is 53.0 Å². The smallest absolute Gasteiger partial charge is 0.410 e. The molecule has 4 rings (SSSR count). The fourth-order valence-corrected chi connectivity index (χ4v) is 4.12. The molecule has 0 saturated carbocycles.